The van der Waals surface area contributed by atoms with Crippen LogP contribution in [0.15, 0.2) is 16.9 Å². The first-order valence-corrected chi connectivity index (χ1v) is 8.54. The maximum Gasteiger partial charge on any atom is 0.255 e. The van der Waals surface area contributed by atoms with Crippen molar-refractivity contribution in [3.05, 3.63) is 33.7 Å². The summed E-state index contributed by atoms with van der Waals surface area (Å²) in [4.78, 5) is 15.1. The molecule has 2 N–H and O–H groups in total. The minimum atomic E-state index is 0.192. The Morgan fingerprint density at radius 1 is 1.32 bits per heavy atom. The van der Waals surface area contributed by atoms with Crippen LogP contribution in [-0.2, 0) is 13.1 Å². The molecular weight excluding hydrogens is 278 g/mol. The van der Waals surface area contributed by atoms with E-state index < -0.39 is 0 Å². The fourth-order valence-corrected chi connectivity index (χ4v) is 4.49. The highest BCUT2D eigenvalue weighted by atomic mass is 16.3. The van der Waals surface area contributed by atoms with Gasteiger partial charge in [0.1, 0.15) is 0 Å². The maximum atomic E-state index is 12.9. The second-order valence-corrected chi connectivity index (χ2v) is 7.11. The number of piperidine rings is 1. The molecule has 0 unspecified atom stereocenters. The highest BCUT2D eigenvalue weighted by molar-refractivity contribution is 5.22. The summed E-state index contributed by atoms with van der Waals surface area (Å²) in [6, 6.07) is 4.41. The third-order valence-electron chi connectivity index (χ3n) is 5.67. The standard InChI is InChI=1S/C17H25N3O2/c21-11-15-2-1-5-19(15)10-13-3-4-16-14-6-12(7-18-8-14)9-20(16)17(13)22/h3-4,12,14-15,18,21H,1-2,5-11H2/t12-,14+,15+/m0/s1. The molecule has 0 spiro atoms. The molecule has 0 aromatic carbocycles. The topological polar surface area (TPSA) is 57.5 Å². The van der Waals surface area contributed by atoms with Gasteiger partial charge in [-0.25, -0.2) is 0 Å². The molecule has 5 heteroatoms. The van der Waals surface area contributed by atoms with E-state index in [9.17, 15) is 9.90 Å². The number of likely N-dealkylation sites (tertiary alicyclic amines) is 1. The molecule has 22 heavy (non-hydrogen) atoms. The first kappa shape index (κ1) is 14.4. The van der Waals surface area contributed by atoms with Crippen LogP contribution in [0.5, 0.6) is 0 Å². The number of pyridine rings is 1. The lowest BCUT2D eigenvalue weighted by molar-refractivity contribution is 0.152. The second-order valence-electron chi connectivity index (χ2n) is 7.11. The van der Waals surface area contributed by atoms with Crippen molar-refractivity contribution in [2.75, 3.05) is 26.2 Å². The van der Waals surface area contributed by atoms with Crippen molar-refractivity contribution in [1.29, 1.82) is 0 Å². The average molecular weight is 303 g/mol. The van der Waals surface area contributed by atoms with Crippen LogP contribution in [0.25, 0.3) is 0 Å². The molecule has 2 bridgehead atoms. The number of aliphatic hydroxyl groups excluding tert-OH is 1. The van der Waals surface area contributed by atoms with E-state index in [1.54, 1.807) is 0 Å². The van der Waals surface area contributed by atoms with E-state index in [1.165, 1.54) is 12.1 Å². The molecule has 1 aromatic heterocycles. The minimum Gasteiger partial charge on any atom is -0.395 e. The van der Waals surface area contributed by atoms with Crippen molar-refractivity contribution in [3.63, 3.8) is 0 Å². The van der Waals surface area contributed by atoms with Gasteiger partial charge in [0.2, 0.25) is 0 Å². The quantitative estimate of drug-likeness (QED) is 0.854. The zero-order valence-electron chi connectivity index (χ0n) is 13.0. The normalized spacial score (nSPS) is 31.2. The van der Waals surface area contributed by atoms with Crippen LogP contribution in [0.3, 0.4) is 0 Å². The van der Waals surface area contributed by atoms with Gasteiger partial charge >= 0.3 is 0 Å². The minimum absolute atomic E-state index is 0.192. The Hall–Kier alpha value is -1.17. The number of fused-ring (bicyclic) bond motifs is 4. The van der Waals surface area contributed by atoms with Gasteiger partial charge in [-0.1, -0.05) is 6.07 Å². The Bertz CT molecular complexity index is 612. The first-order valence-electron chi connectivity index (χ1n) is 8.54. The van der Waals surface area contributed by atoms with Crippen molar-refractivity contribution in [1.82, 2.24) is 14.8 Å². The van der Waals surface area contributed by atoms with Gasteiger partial charge in [-0.15, -0.1) is 0 Å². The predicted octanol–water partition coefficient (Wildman–Crippen LogP) is 0.512. The molecule has 3 aliphatic heterocycles. The summed E-state index contributed by atoms with van der Waals surface area (Å²) < 4.78 is 2.03. The van der Waals surface area contributed by atoms with Crippen molar-refractivity contribution in [3.8, 4) is 0 Å². The summed E-state index contributed by atoms with van der Waals surface area (Å²) in [6.07, 6.45) is 3.37. The van der Waals surface area contributed by atoms with Gasteiger partial charge in [-0.2, -0.15) is 0 Å². The van der Waals surface area contributed by atoms with Gasteiger partial charge in [0.25, 0.3) is 5.56 Å². The van der Waals surface area contributed by atoms with Crippen LogP contribution in [0.1, 0.15) is 36.4 Å². The molecule has 3 atom stereocenters. The molecule has 1 aromatic rings. The molecule has 3 aliphatic rings. The van der Waals surface area contributed by atoms with Crippen LogP contribution >= 0.6 is 0 Å². The number of rotatable bonds is 3. The Labute approximate surface area is 130 Å². The van der Waals surface area contributed by atoms with Crippen molar-refractivity contribution in [2.45, 2.75) is 44.3 Å². The summed E-state index contributed by atoms with van der Waals surface area (Å²) >= 11 is 0. The Kier molecular flexibility index (Phi) is 3.80. The highest BCUT2D eigenvalue weighted by Gasteiger charge is 2.32. The van der Waals surface area contributed by atoms with Gasteiger partial charge < -0.3 is 15.0 Å². The zero-order valence-corrected chi connectivity index (χ0v) is 13.0. The highest BCUT2D eigenvalue weighted by Crippen LogP contribution is 2.32. The van der Waals surface area contributed by atoms with Gasteiger partial charge in [-0.05, 0) is 44.3 Å². The molecule has 4 rings (SSSR count). The molecule has 4 heterocycles. The third-order valence-corrected chi connectivity index (χ3v) is 5.67. The van der Waals surface area contributed by atoms with Crippen LogP contribution in [0.4, 0.5) is 0 Å². The second kappa shape index (κ2) is 5.80. The Morgan fingerprint density at radius 3 is 3.09 bits per heavy atom. The molecule has 0 amide bonds. The summed E-state index contributed by atoms with van der Waals surface area (Å²) in [6.45, 7) is 4.75. The number of hydrogen-bond acceptors (Lipinski definition) is 4. The van der Waals surface area contributed by atoms with Gasteiger partial charge in [0.15, 0.2) is 0 Å². The first-order chi connectivity index (χ1) is 10.8. The van der Waals surface area contributed by atoms with Crippen LogP contribution in [0, 0.1) is 5.92 Å². The zero-order chi connectivity index (χ0) is 15.1. The van der Waals surface area contributed by atoms with Crippen molar-refractivity contribution < 1.29 is 5.11 Å². The third kappa shape index (κ3) is 2.41. The van der Waals surface area contributed by atoms with Crippen LogP contribution in [-0.4, -0.2) is 46.9 Å². The summed E-state index contributed by atoms with van der Waals surface area (Å²) in [5.41, 5.74) is 2.28. The SMILES string of the molecule is O=c1c(CN2CCC[C@@H]2CO)ccc2n1C[C@@H]1CNC[C@H]2C1. The fourth-order valence-electron chi connectivity index (χ4n) is 4.49. The number of aromatic nitrogens is 1. The lowest BCUT2D eigenvalue weighted by Crippen LogP contribution is -2.45. The van der Waals surface area contributed by atoms with Crippen LogP contribution in [0.2, 0.25) is 0 Å². The molecule has 0 aliphatic carbocycles. The summed E-state index contributed by atoms with van der Waals surface area (Å²) in [5, 5.41) is 12.9. The van der Waals surface area contributed by atoms with E-state index in [1.807, 2.05) is 10.6 Å². The van der Waals surface area contributed by atoms with Crippen molar-refractivity contribution >= 4 is 0 Å². The fraction of sp³-hybridized carbons (Fsp3) is 0.706. The Balaban J connectivity index is 1.63. The number of hydrogen-bond donors (Lipinski definition) is 2. The predicted molar refractivity (Wildman–Crippen MR) is 84.9 cm³/mol. The van der Waals surface area contributed by atoms with Gasteiger partial charge in [-0.3, -0.25) is 9.69 Å². The maximum absolute atomic E-state index is 12.9. The van der Waals surface area contributed by atoms with E-state index in [2.05, 4.69) is 16.3 Å². The number of nitrogens with one attached hydrogen (secondary N) is 1. The van der Waals surface area contributed by atoms with E-state index in [0.29, 0.717) is 18.4 Å². The summed E-state index contributed by atoms with van der Waals surface area (Å²) in [7, 11) is 0. The molecule has 5 nitrogen and oxygen atoms in total. The van der Waals surface area contributed by atoms with Gasteiger partial charge in [0.05, 0.1) is 6.61 Å². The molecule has 120 valence electrons. The smallest absolute Gasteiger partial charge is 0.255 e. The molecule has 2 saturated heterocycles. The Morgan fingerprint density at radius 2 is 2.23 bits per heavy atom. The molecular formula is C17H25N3O2. The number of nitrogens with zero attached hydrogens (tertiary/aromatic N) is 2. The monoisotopic (exact) mass is 303 g/mol. The summed E-state index contributed by atoms with van der Waals surface area (Å²) in [5.74, 6) is 1.09. The van der Waals surface area contributed by atoms with E-state index in [-0.39, 0.29) is 18.2 Å². The average Bonchev–Trinajstić information content (AvgIpc) is 2.98. The molecule has 2 fully saturated rings. The van der Waals surface area contributed by atoms with E-state index in [0.717, 1.165) is 44.6 Å². The molecule has 0 radical (unpaired) electrons. The van der Waals surface area contributed by atoms with Crippen molar-refractivity contribution in [2.24, 2.45) is 5.92 Å². The van der Waals surface area contributed by atoms with E-state index in [4.69, 9.17) is 0 Å². The van der Waals surface area contributed by atoms with E-state index >= 15 is 0 Å². The largest absolute Gasteiger partial charge is 0.395 e. The number of aliphatic hydroxyl groups is 1. The van der Waals surface area contributed by atoms with Crippen LogP contribution < -0.4 is 10.9 Å². The van der Waals surface area contributed by atoms with Gasteiger partial charge in [0, 0.05) is 42.9 Å². The lowest BCUT2D eigenvalue weighted by Gasteiger charge is -2.37. The molecule has 0 saturated carbocycles. The lowest BCUT2D eigenvalue weighted by atomic mass is 9.84.